The first kappa shape index (κ1) is 15.6. The van der Waals surface area contributed by atoms with Crippen LogP contribution in [-0.2, 0) is 6.42 Å². The van der Waals surface area contributed by atoms with Gasteiger partial charge in [-0.15, -0.1) is 0 Å². The van der Waals surface area contributed by atoms with Crippen LogP contribution in [0.15, 0.2) is 64.2 Å². The van der Waals surface area contributed by atoms with Crippen LogP contribution in [0, 0.1) is 0 Å². The zero-order chi connectivity index (χ0) is 16.4. The maximum Gasteiger partial charge on any atom is 0.334 e. The molecule has 0 aliphatic carbocycles. The van der Waals surface area contributed by atoms with E-state index in [0.29, 0.717) is 16.3 Å². The monoisotopic (exact) mass is 346 g/mol. The van der Waals surface area contributed by atoms with Crippen molar-refractivity contribution in [3.05, 3.63) is 96.7 Å². The van der Waals surface area contributed by atoms with Crippen LogP contribution in [-0.4, -0.2) is 9.55 Å². The second-order valence-electron chi connectivity index (χ2n) is 5.01. The number of nitrogens with one attached hydrogen (secondary N) is 1. The van der Waals surface area contributed by atoms with Gasteiger partial charge in [0, 0.05) is 11.4 Å². The molecule has 0 fully saturated rings. The van der Waals surface area contributed by atoms with Crippen LogP contribution >= 0.6 is 23.2 Å². The molecular weight excluding hydrogens is 335 g/mol. The zero-order valence-electron chi connectivity index (χ0n) is 11.9. The maximum atomic E-state index is 12.7. The normalized spacial score (nSPS) is 10.7. The Bertz CT molecular complexity index is 962. The number of H-pyrrole nitrogens is 1. The van der Waals surface area contributed by atoms with E-state index < -0.39 is 11.2 Å². The number of hydrogen-bond acceptors (Lipinski definition) is 2. The van der Waals surface area contributed by atoms with E-state index in [1.807, 2.05) is 12.1 Å². The van der Waals surface area contributed by atoms with E-state index in [0.717, 1.165) is 10.1 Å². The molecule has 1 aromatic heterocycles. The molecule has 0 bridgehead atoms. The van der Waals surface area contributed by atoms with Gasteiger partial charge in [-0.2, -0.15) is 0 Å². The zero-order valence-corrected chi connectivity index (χ0v) is 13.4. The van der Waals surface area contributed by atoms with Gasteiger partial charge in [0.2, 0.25) is 0 Å². The third-order valence-corrected chi connectivity index (χ3v) is 3.99. The lowest BCUT2D eigenvalue weighted by Gasteiger charge is -2.09. The summed E-state index contributed by atoms with van der Waals surface area (Å²) in [5.74, 6) is 0. The van der Waals surface area contributed by atoms with E-state index in [1.165, 1.54) is 0 Å². The van der Waals surface area contributed by atoms with E-state index >= 15 is 0 Å². The van der Waals surface area contributed by atoms with Crippen molar-refractivity contribution in [3.8, 4) is 5.69 Å². The van der Waals surface area contributed by atoms with Gasteiger partial charge in [0.05, 0.1) is 11.3 Å². The standard InChI is InChI=1S/C17H12Cl2N2O2/c18-12-6-4-5-11(9-12)10-14-15(19)20-17(23)21(16(14)22)13-7-2-1-3-8-13/h1-9H,10H2,(H,20,23). The molecule has 0 atom stereocenters. The molecule has 3 rings (SSSR count). The second-order valence-corrected chi connectivity index (χ2v) is 5.82. The number of nitrogens with zero attached hydrogens (tertiary/aromatic N) is 1. The third kappa shape index (κ3) is 3.23. The molecule has 2 aromatic carbocycles. The topological polar surface area (TPSA) is 54.9 Å². The van der Waals surface area contributed by atoms with Gasteiger partial charge in [-0.25, -0.2) is 9.36 Å². The maximum absolute atomic E-state index is 12.7. The Labute approximate surface area is 141 Å². The molecule has 0 radical (unpaired) electrons. The van der Waals surface area contributed by atoms with Gasteiger partial charge >= 0.3 is 5.69 Å². The van der Waals surface area contributed by atoms with Gasteiger partial charge < -0.3 is 0 Å². The van der Waals surface area contributed by atoms with Gasteiger partial charge in [-0.05, 0) is 29.8 Å². The van der Waals surface area contributed by atoms with Crippen LogP contribution in [0.2, 0.25) is 10.2 Å². The van der Waals surface area contributed by atoms with E-state index in [1.54, 1.807) is 42.5 Å². The van der Waals surface area contributed by atoms with Crippen molar-refractivity contribution in [1.82, 2.24) is 9.55 Å². The van der Waals surface area contributed by atoms with E-state index in [-0.39, 0.29) is 11.6 Å². The first-order valence-corrected chi connectivity index (χ1v) is 7.65. The third-order valence-electron chi connectivity index (χ3n) is 3.43. The molecule has 0 saturated heterocycles. The van der Waals surface area contributed by atoms with E-state index in [9.17, 15) is 9.59 Å². The highest BCUT2D eigenvalue weighted by Gasteiger charge is 2.14. The molecule has 0 aliphatic heterocycles. The minimum Gasteiger partial charge on any atom is -0.297 e. The fraction of sp³-hybridized carbons (Fsp3) is 0.0588. The molecule has 3 aromatic rings. The van der Waals surface area contributed by atoms with Crippen molar-refractivity contribution in [2.75, 3.05) is 0 Å². The number of aromatic nitrogens is 2. The molecule has 0 unspecified atom stereocenters. The van der Waals surface area contributed by atoms with Gasteiger partial charge in [0.1, 0.15) is 5.15 Å². The highest BCUT2D eigenvalue weighted by Crippen LogP contribution is 2.16. The van der Waals surface area contributed by atoms with Crippen LogP contribution in [0.3, 0.4) is 0 Å². The molecule has 0 amide bonds. The van der Waals surface area contributed by atoms with Gasteiger partial charge in [-0.1, -0.05) is 53.5 Å². The summed E-state index contributed by atoms with van der Waals surface area (Å²) in [6, 6.07) is 15.9. The molecular formula is C17H12Cl2N2O2. The minimum atomic E-state index is -0.568. The van der Waals surface area contributed by atoms with Gasteiger partial charge in [-0.3, -0.25) is 9.78 Å². The highest BCUT2D eigenvalue weighted by atomic mass is 35.5. The fourth-order valence-corrected chi connectivity index (χ4v) is 2.80. The van der Waals surface area contributed by atoms with E-state index in [2.05, 4.69) is 4.98 Å². The molecule has 116 valence electrons. The molecule has 4 nitrogen and oxygen atoms in total. The van der Waals surface area contributed by atoms with Gasteiger partial charge in [0.15, 0.2) is 0 Å². The number of benzene rings is 2. The smallest absolute Gasteiger partial charge is 0.297 e. The summed E-state index contributed by atoms with van der Waals surface area (Å²) >= 11 is 12.1. The lowest BCUT2D eigenvalue weighted by molar-refractivity contribution is 0.847. The summed E-state index contributed by atoms with van der Waals surface area (Å²) in [6.07, 6.45) is 0.280. The lowest BCUT2D eigenvalue weighted by Crippen LogP contribution is -2.36. The van der Waals surface area contributed by atoms with Crippen LogP contribution in [0.4, 0.5) is 0 Å². The Morgan fingerprint density at radius 3 is 2.39 bits per heavy atom. The average Bonchev–Trinajstić information content (AvgIpc) is 2.52. The van der Waals surface area contributed by atoms with Crippen LogP contribution < -0.4 is 11.2 Å². The summed E-state index contributed by atoms with van der Waals surface area (Å²) < 4.78 is 1.08. The van der Waals surface area contributed by atoms with Crippen LogP contribution in [0.5, 0.6) is 0 Å². The number of halogens is 2. The van der Waals surface area contributed by atoms with Crippen LogP contribution in [0.25, 0.3) is 5.69 Å². The second kappa shape index (κ2) is 6.44. The summed E-state index contributed by atoms with van der Waals surface area (Å²) in [6.45, 7) is 0. The lowest BCUT2D eigenvalue weighted by atomic mass is 10.1. The summed E-state index contributed by atoms with van der Waals surface area (Å²) in [5.41, 5.74) is 0.634. The summed E-state index contributed by atoms with van der Waals surface area (Å²) in [5, 5.41) is 0.624. The average molecular weight is 347 g/mol. The Hall–Kier alpha value is -2.30. The van der Waals surface area contributed by atoms with Crippen molar-refractivity contribution >= 4 is 23.2 Å². The quantitative estimate of drug-likeness (QED) is 0.738. The number of aromatic amines is 1. The fourth-order valence-electron chi connectivity index (χ4n) is 2.36. The Balaban J connectivity index is 2.15. The molecule has 6 heteroatoms. The molecule has 0 aliphatic rings. The molecule has 1 N–H and O–H groups in total. The van der Waals surface area contributed by atoms with Crippen molar-refractivity contribution in [3.63, 3.8) is 0 Å². The van der Waals surface area contributed by atoms with E-state index in [4.69, 9.17) is 23.2 Å². The molecule has 23 heavy (non-hydrogen) atoms. The SMILES string of the molecule is O=c1[nH]c(Cl)c(Cc2cccc(Cl)c2)c(=O)n1-c1ccccc1. The van der Waals surface area contributed by atoms with Crippen LogP contribution in [0.1, 0.15) is 11.1 Å². The molecule has 0 saturated carbocycles. The number of rotatable bonds is 3. The first-order valence-electron chi connectivity index (χ1n) is 6.90. The van der Waals surface area contributed by atoms with Crippen molar-refractivity contribution in [2.45, 2.75) is 6.42 Å². The first-order chi connectivity index (χ1) is 11.1. The predicted molar refractivity (Wildman–Crippen MR) is 91.9 cm³/mol. The largest absolute Gasteiger partial charge is 0.334 e. The summed E-state index contributed by atoms with van der Waals surface area (Å²) in [4.78, 5) is 27.4. The molecule has 0 spiro atoms. The minimum absolute atomic E-state index is 0.0483. The van der Waals surface area contributed by atoms with Gasteiger partial charge in [0.25, 0.3) is 5.56 Å². The highest BCUT2D eigenvalue weighted by molar-refractivity contribution is 6.30. The number of hydrogen-bond donors (Lipinski definition) is 1. The Morgan fingerprint density at radius 2 is 1.70 bits per heavy atom. The summed E-state index contributed by atoms with van der Waals surface area (Å²) in [7, 11) is 0. The van der Waals surface area contributed by atoms with Crippen molar-refractivity contribution < 1.29 is 0 Å². The Morgan fingerprint density at radius 1 is 0.957 bits per heavy atom. The van der Waals surface area contributed by atoms with Crippen molar-refractivity contribution in [2.24, 2.45) is 0 Å². The molecule has 1 heterocycles. The Kier molecular flexibility index (Phi) is 4.37. The van der Waals surface area contributed by atoms with Crippen molar-refractivity contribution in [1.29, 1.82) is 0 Å². The number of para-hydroxylation sites is 1. The predicted octanol–water partition coefficient (Wildman–Crippen LogP) is 3.42.